The highest BCUT2D eigenvalue weighted by atomic mass is 16.5. The molecule has 2 rings (SSSR count). The topological polar surface area (TPSA) is 70.6 Å². The molecule has 2 fully saturated rings. The lowest BCUT2D eigenvalue weighted by atomic mass is 10.0. The van der Waals surface area contributed by atoms with E-state index >= 15 is 0 Å². The number of carbonyl (C=O) groups excluding carboxylic acids is 1. The molecular weight excluding hydrogens is 208 g/mol. The second kappa shape index (κ2) is 5.12. The van der Waals surface area contributed by atoms with Crippen molar-refractivity contribution in [2.24, 2.45) is 0 Å². The van der Waals surface area contributed by atoms with E-state index in [1.165, 1.54) is 0 Å². The van der Waals surface area contributed by atoms with Gasteiger partial charge >= 0.3 is 0 Å². The van der Waals surface area contributed by atoms with E-state index in [1.54, 1.807) is 0 Å². The van der Waals surface area contributed by atoms with Gasteiger partial charge in [0.2, 0.25) is 5.91 Å². The Morgan fingerprint density at radius 1 is 1.62 bits per heavy atom. The minimum atomic E-state index is -0.758. The van der Waals surface area contributed by atoms with Crippen LogP contribution < -0.4 is 10.6 Å². The quantitative estimate of drug-likeness (QED) is 0.601. The molecule has 1 amide bonds. The maximum absolute atomic E-state index is 11.6. The van der Waals surface area contributed by atoms with Gasteiger partial charge in [-0.05, 0) is 25.8 Å². The van der Waals surface area contributed by atoms with Gasteiger partial charge in [0.1, 0.15) is 0 Å². The first-order valence-corrected chi connectivity index (χ1v) is 5.99. The number of hydrogen-bond donors (Lipinski definition) is 3. The van der Waals surface area contributed by atoms with Crippen molar-refractivity contribution >= 4 is 5.91 Å². The fraction of sp³-hybridized carbons (Fsp3) is 0.909. The van der Waals surface area contributed by atoms with Gasteiger partial charge in [0, 0.05) is 19.7 Å². The van der Waals surface area contributed by atoms with Gasteiger partial charge in [0.15, 0.2) is 0 Å². The Bertz CT molecular complexity index is 246. The molecule has 2 atom stereocenters. The lowest BCUT2D eigenvalue weighted by molar-refractivity contribution is -0.124. The van der Waals surface area contributed by atoms with Crippen molar-refractivity contribution in [2.45, 2.75) is 37.4 Å². The molecule has 0 aromatic rings. The van der Waals surface area contributed by atoms with E-state index in [2.05, 4.69) is 10.6 Å². The molecule has 2 heterocycles. The summed E-state index contributed by atoms with van der Waals surface area (Å²) >= 11 is 0. The van der Waals surface area contributed by atoms with E-state index in [9.17, 15) is 9.90 Å². The van der Waals surface area contributed by atoms with E-state index in [1.807, 2.05) is 0 Å². The first kappa shape index (κ1) is 11.8. The van der Waals surface area contributed by atoms with Crippen molar-refractivity contribution in [2.75, 3.05) is 26.2 Å². The standard InChI is InChI=1S/C11H20N2O3/c14-10(6-9-2-1-5-16-9)13-8-11(15)3-4-12-7-11/h9,12,15H,1-8H2,(H,13,14). The molecule has 3 N–H and O–H groups in total. The van der Waals surface area contributed by atoms with E-state index in [0.29, 0.717) is 25.9 Å². The van der Waals surface area contributed by atoms with Crippen LogP contribution in [-0.4, -0.2) is 49.0 Å². The lowest BCUT2D eigenvalue weighted by Crippen LogP contribution is -2.44. The van der Waals surface area contributed by atoms with Gasteiger partial charge in [-0.2, -0.15) is 0 Å². The summed E-state index contributed by atoms with van der Waals surface area (Å²) < 4.78 is 5.38. The maximum atomic E-state index is 11.6. The minimum Gasteiger partial charge on any atom is -0.387 e. The third kappa shape index (κ3) is 3.17. The summed E-state index contributed by atoms with van der Waals surface area (Å²) in [6, 6.07) is 0. The number of β-amino-alcohol motifs (C(OH)–C–C–N with tert-alkyl or cyclic N) is 1. The van der Waals surface area contributed by atoms with Crippen LogP contribution in [0.5, 0.6) is 0 Å². The summed E-state index contributed by atoms with van der Waals surface area (Å²) in [4.78, 5) is 11.6. The highest BCUT2D eigenvalue weighted by molar-refractivity contribution is 5.76. The van der Waals surface area contributed by atoms with Crippen LogP contribution in [0.25, 0.3) is 0 Å². The van der Waals surface area contributed by atoms with E-state index < -0.39 is 5.60 Å². The van der Waals surface area contributed by atoms with Crippen molar-refractivity contribution in [3.63, 3.8) is 0 Å². The molecule has 0 aromatic carbocycles. The van der Waals surface area contributed by atoms with Gasteiger partial charge in [-0.1, -0.05) is 0 Å². The van der Waals surface area contributed by atoms with Crippen molar-refractivity contribution in [1.29, 1.82) is 0 Å². The number of carbonyl (C=O) groups is 1. The van der Waals surface area contributed by atoms with Crippen molar-refractivity contribution in [3.05, 3.63) is 0 Å². The van der Waals surface area contributed by atoms with Crippen molar-refractivity contribution in [3.8, 4) is 0 Å². The van der Waals surface area contributed by atoms with Gasteiger partial charge < -0.3 is 20.5 Å². The predicted octanol–water partition coefficient (Wildman–Crippen LogP) is -0.604. The zero-order chi connectivity index (χ0) is 11.4. The van der Waals surface area contributed by atoms with Gasteiger partial charge in [-0.3, -0.25) is 4.79 Å². The number of rotatable bonds is 4. The second-order valence-corrected chi connectivity index (χ2v) is 4.77. The molecule has 16 heavy (non-hydrogen) atoms. The van der Waals surface area contributed by atoms with Crippen molar-refractivity contribution < 1.29 is 14.6 Å². The lowest BCUT2D eigenvalue weighted by Gasteiger charge is -2.22. The van der Waals surface area contributed by atoms with Crippen LogP contribution in [0.2, 0.25) is 0 Å². The molecule has 2 saturated heterocycles. The molecule has 5 heteroatoms. The summed E-state index contributed by atoms with van der Waals surface area (Å²) in [6.45, 7) is 2.49. The van der Waals surface area contributed by atoms with Gasteiger partial charge in [-0.25, -0.2) is 0 Å². The number of amides is 1. The average molecular weight is 228 g/mol. The number of hydrogen-bond acceptors (Lipinski definition) is 4. The smallest absolute Gasteiger partial charge is 0.222 e. The number of aliphatic hydroxyl groups is 1. The first-order chi connectivity index (χ1) is 7.68. The molecule has 2 unspecified atom stereocenters. The molecule has 0 radical (unpaired) electrons. The van der Waals surface area contributed by atoms with Gasteiger partial charge in [-0.15, -0.1) is 0 Å². The normalized spacial score (nSPS) is 34.2. The fourth-order valence-electron chi connectivity index (χ4n) is 2.23. The Labute approximate surface area is 95.5 Å². The summed E-state index contributed by atoms with van der Waals surface area (Å²) in [5, 5.41) is 15.9. The summed E-state index contributed by atoms with van der Waals surface area (Å²) in [6.07, 6.45) is 3.22. The van der Waals surface area contributed by atoms with Gasteiger partial charge in [0.05, 0.1) is 18.1 Å². The first-order valence-electron chi connectivity index (χ1n) is 5.99. The van der Waals surface area contributed by atoms with Crippen LogP contribution in [-0.2, 0) is 9.53 Å². The zero-order valence-electron chi connectivity index (χ0n) is 9.50. The molecule has 0 spiro atoms. The molecule has 0 saturated carbocycles. The Hall–Kier alpha value is -0.650. The molecule has 0 aliphatic carbocycles. The zero-order valence-corrected chi connectivity index (χ0v) is 9.50. The monoisotopic (exact) mass is 228 g/mol. The Kier molecular flexibility index (Phi) is 3.78. The molecule has 2 aliphatic heterocycles. The second-order valence-electron chi connectivity index (χ2n) is 4.77. The third-order valence-corrected chi connectivity index (χ3v) is 3.27. The SMILES string of the molecule is O=C(CC1CCCO1)NCC1(O)CCNC1. The Balaban J connectivity index is 1.66. The molecular formula is C11H20N2O3. The summed E-state index contributed by atoms with van der Waals surface area (Å²) in [5.41, 5.74) is -0.758. The largest absolute Gasteiger partial charge is 0.387 e. The van der Waals surface area contributed by atoms with Crippen LogP contribution >= 0.6 is 0 Å². The minimum absolute atomic E-state index is 0.0211. The fourth-order valence-corrected chi connectivity index (χ4v) is 2.23. The molecule has 92 valence electrons. The number of nitrogens with one attached hydrogen (secondary N) is 2. The Morgan fingerprint density at radius 2 is 2.50 bits per heavy atom. The Morgan fingerprint density at radius 3 is 3.12 bits per heavy atom. The van der Waals surface area contributed by atoms with Gasteiger partial charge in [0.25, 0.3) is 0 Å². The van der Waals surface area contributed by atoms with E-state index in [4.69, 9.17) is 4.74 Å². The summed E-state index contributed by atoms with van der Waals surface area (Å²) in [7, 11) is 0. The van der Waals surface area contributed by atoms with Crippen LogP contribution in [0.15, 0.2) is 0 Å². The highest BCUT2D eigenvalue weighted by Gasteiger charge is 2.31. The third-order valence-electron chi connectivity index (χ3n) is 3.27. The molecule has 0 aromatic heterocycles. The van der Waals surface area contributed by atoms with Crippen LogP contribution in [0.3, 0.4) is 0 Å². The predicted molar refractivity (Wildman–Crippen MR) is 59.0 cm³/mol. The summed E-state index contributed by atoms with van der Waals surface area (Å²) in [5.74, 6) is -0.0211. The molecule has 2 aliphatic rings. The average Bonchev–Trinajstić information content (AvgIpc) is 2.88. The van der Waals surface area contributed by atoms with E-state index in [-0.39, 0.29) is 12.0 Å². The van der Waals surface area contributed by atoms with E-state index in [0.717, 1.165) is 26.0 Å². The van der Waals surface area contributed by atoms with Crippen LogP contribution in [0.1, 0.15) is 25.7 Å². The molecule has 0 bridgehead atoms. The maximum Gasteiger partial charge on any atom is 0.222 e. The van der Waals surface area contributed by atoms with Crippen LogP contribution in [0, 0.1) is 0 Å². The number of ether oxygens (including phenoxy) is 1. The van der Waals surface area contributed by atoms with Crippen molar-refractivity contribution in [1.82, 2.24) is 10.6 Å². The molecule has 5 nitrogen and oxygen atoms in total. The highest BCUT2D eigenvalue weighted by Crippen LogP contribution is 2.16. The van der Waals surface area contributed by atoms with Crippen LogP contribution in [0.4, 0.5) is 0 Å².